The summed E-state index contributed by atoms with van der Waals surface area (Å²) in [5, 5.41) is 3.13. The molecule has 0 atom stereocenters. The zero-order chi connectivity index (χ0) is 13.2. The fourth-order valence-corrected chi connectivity index (χ4v) is 2.29. The summed E-state index contributed by atoms with van der Waals surface area (Å²) in [7, 11) is 0. The van der Waals surface area contributed by atoms with Crippen molar-refractivity contribution in [3.63, 3.8) is 0 Å². The average Bonchev–Trinajstić information content (AvgIpc) is 3.13. The first kappa shape index (κ1) is 13.1. The van der Waals surface area contributed by atoms with E-state index in [1.807, 2.05) is 24.3 Å². The first-order valence-electron chi connectivity index (χ1n) is 6.60. The number of rotatable bonds is 5. The molecule has 0 heterocycles. The highest BCUT2D eigenvalue weighted by Crippen LogP contribution is 2.39. The number of benzene rings is 1. The van der Waals surface area contributed by atoms with Crippen LogP contribution in [0.1, 0.15) is 37.8 Å². The summed E-state index contributed by atoms with van der Waals surface area (Å²) < 4.78 is 0. The van der Waals surface area contributed by atoms with Gasteiger partial charge in [-0.25, -0.2) is 0 Å². The van der Waals surface area contributed by atoms with Crippen molar-refractivity contribution in [2.75, 3.05) is 0 Å². The molecule has 1 amide bonds. The summed E-state index contributed by atoms with van der Waals surface area (Å²) in [5.41, 5.74) is 7.62. The van der Waals surface area contributed by atoms with Crippen molar-refractivity contribution in [3.8, 4) is 0 Å². The summed E-state index contributed by atoms with van der Waals surface area (Å²) in [6, 6.07) is 7.92. The highest BCUT2D eigenvalue weighted by atomic mass is 16.1. The molecule has 1 saturated carbocycles. The molecule has 1 fully saturated rings. The summed E-state index contributed by atoms with van der Waals surface area (Å²) in [5.74, 6) is 0.758. The Morgan fingerprint density at radius 3 is 2.33 bits per heavy atom. The van der Waals surface area contributed by atoms with Crippen molar-refractivity contribution in [1.82, 2.24) is 5.32 Å². The van der Waals surface area contributed by atoms with E-state index >= 15 is 0 Å². The lowest BCUT2D eigenvalue weighted by molar-refractivity contribution is -0.122. The molecule has 0 bridgehead atoms. The lowest BCUT2D eigenvalue weighted by Crippen LogP contribution is -2.45. The molecule has 0 aliphatic heterocycles. The number of amides is 1. The van der Waals surface area contributed by atoms with Crippen LogP contribution < -0.4 is 11.1 Å². The second-order valence-electron chi connectivity index (χ2n) is 5.74. The van der Waals surface area contributed by atoms with Gasteiger partial charge >= 0.3 is 0 Å². The normalized spacial score (nSPS) is 15.5. The van der Waals surface area contributed by atoms with E-state index in [4.69, 9.17) is 5.73 Å². The molecule has 0 radical (unpaired) electrons. The minimum absolute atomic E-state index is 0.0612. The third kappa shape index (κ3) is 3.33. The van der Waals surface area contributed by atoms with Gasteiger partial charge in [-0.2, -0.15) is 0 Å². The third-order valence-electron chi connectivity index (χ3n) is 3.68. The van der Waals surface area contributed by atoms with Crippen molar-refractivity contribution in [2.45, 2.75) is 45.2 Å². The maximum absolute atomic E-state index is 12.0. The zero-order valence-electron chi connectivity index (χ0n) is 11.2. The van der Waals surface area contributed by atoms with Gasteiger partial charge in [0.1, 0.15) is 0 Å². The van der Waals surface area contributed by atoms with Crippen LogP contribution in [0, 0.1) is 5.92 Å². The molecule has 0 aromatic heterocycles. The second-order valence-corrected chi connectivity index (χ2v) is 5.74. The predicted molar refractivity (Wildman–Crippen MR) is 73.0 cm³/mol. The Balaban J connectivity index is 1.90. The fraction of sp³-hybridized carbons (Fsp3) is 0.533. The summed E-state index contributed by atoms with van der Waals surface area (Å²) in [4.78, 5) is 12.0. The Kier molecular flexibility index (Phi) is 3.71. The second kappa shape index (κ2) is 5.11. The van der Waals surface area contributed by atoms with Gasteiger partial charge in [0.25, 0.3) is 0 Å². The van der Waals surface area contributed by atoms with E-state index in [-0.39, 0.29) is 11.4 Å². The lowest BCUT2D eigenvalue weighted by Gasteiger charge is -2.26. The van der Waals surface area contributed by atoms with E-state index in [1.54, 1.807) is 0 Å². The zero-order valence-corrected chi connectivity index (χ0v) is 11.2. The quantitative estimate of drug-likeness (QED) is 0.835. The predicted octanol–water partition coefficient (Wildman–Crippen LogP) is 1.99. The molecule has 1 aliphatic carbocycles. The van der Waals surface area contributed by atoms with Crippen molar-refractivity contribution in [3.05, 3.63) is 35.4 Å². The molecule has 0 unspecified atom stereocenters. The van der Waals surface area contributed by atoms with E-state index in [1.165, 1.54) is 12.8 Å². The van der Waals surface area contributed by atoms with E-state index in [0.29, 0.717) is 18.9 Å². The molecule has 3 heteroatoms. The molecule has 18 heavy (non-hydrogen) atoms. The highest BCUT2D eigenvalue weighted by Gasteiger charge is 2.38. The first-order valence-corrected chi connectivity index (χ1v) is 6.60. The maximum Gasteiger partial charge on any atom is 0.224 e. The minimum Gasteiger partial charge on any atom is -0.351 e. The Morgan fingerprint density at radius 1 is 1.28 bits per heavy atom. The van der Waals surface area contributed by atoms with E-state index in [0.717, 1.165) is 11.1 Å². The standard InChI is InChI=1S/C15H22N2O/c1-15(2,13-7-8-13)17-14(18)9-11-3-5-12(10-16)6-4-11/h3-6,13H,7-10,16H2,1-2H3,(H,17,18). The van der Waals surface area contributed by atoms with Crippen LogP contribution in [0.25, 0.3) is 0 Å². The van der Waals surface area contributed by atoms with Gasteiger partial charge in [0.2, 0.25) is 5.91 Å². The Labute approximate surface area is 109 Å². The number of nitrogens with one attached hydrogen (secondary N) is 1. The summed E-state index contributed by atoms with van der Waals surface area (Å²) in [6.45, 7) is 4.77. The molecule has 2 rings (SSSR count). The van der Waals surface area contributed by atoms with E-state index < -0.39 is 0 Å². The van der Waals surface area contributed by atoms with Crippen molar-refractivity contribution < 1.29 is 4.79 Å². The van der Waals surface area contributed by atoms with Crippen molar-refractivity contribution in [1.29, 1.82) is 0 Å². The molecule has 0 spiro atoms. The molecule has 0 saturated heterocycles. The van der Waals surface area contributed by atoms with Gasteiger partial charge in [-0.05, 0) is 43.7 Å². The van der Waals surface area contributed by atoms with Crippen LogP contribution in [0.2, 0.25) is 0 Å². The molecular formula is C15H22N2O. The maximum atomic E-state index is 12.0. The lowest BCUT2D eigenvalue weighted by atomic mass is 9.98. The molecule has 1 aromatic carbocycles. The van der Waals surface area contributed by atoms with Gasteiger partial charge in [0.05, 0.1) is 6.42 Å². The van der Waals surface area contributed by atoms with Crippen LogP contribution in [-0.2, 0) is 17.8 Å². The minimum atomic E-state index is -0.0612. The Bertz CT molecular complexity index is 419. The first-order chi connectivity index (χ1) is 8.51. The van der Waals surface area contributed by atoms with E-state index in [2.05, 4.69) is 19.2 Å². The topological polar surface area (TPSA) is 55.1 Å². The number of carbonyl (C=O) groups excluding carboxylic acids is 1. The van der Waals surface area contributed by atoms with E-state index in [9.17, 15) is 4.79 Å². The average molecular weight is 246 g/mol. The largest absolute Gasteiger partial charge is 0.351 e. The van der Waals surface area contributed by atoms with Crippen LogP contribution in [0.4, 0.5) is 0 Å². The molecule has 1 aromatic rings. The number of carbonyl (C=O) groups is 1. The molecule has 3 N–H and O–H groups in total. The molecule has 1 aliphatic rings. The van der Waals surface area contributed by atoms with Crippen LogP contribution in [0.3, 0.4) is 0 Å². The van der Waals surface area contributed by atoms with Crippen LogP contribution in [-0.4, -0.2) is 11.4 Å². The smallest absolute Gasteiger partial charge is 0.224 e. The van der Waals surface area contributed by atoms with Gasteiger partial charge in [0, 0.05) is 12.1 Å². The molecule has 98 valence electrons. The van der Waals surface area contributed by atoms with Crippen LogP contribution in [0.5, 0.6) is 0 Å². The molecule has 3 nitrogen and oxygen atoms in total. The monoisotopic (exact) mass is 246 g/mol. The summed E-state index contributed by atoms with van der Waals surface area (Å²) >= 11 is 0. The molecular weight excluding hydrogens is 224 g/mol. The number of nitrogens with two attached hydrogens (primary N) is 1. The fourth-order valence-electron chi connectivity index (χ4n) is 2.29. The van der Waals surface area contributed by atoms with Gasteiger partial charge in [-0.15, -0.1) is 0 Å². The Morgan fingerprint density at radius 2 is 1.83 bits per heavy atom. The number of hydrogen-bond donors (Lipinski definition) is 2. The van der Waals surface area contributed by atoms with Gasteiger partial charge in [0.15, 0.2) is 0 Å². The van der Waals surface area contributed by atoms with Crippen LogP contribution >= 0.6 is 0 Å². The van der Waals surface area contributed by atoms with Crippen molar-refractivity contribution in [2.24, 2.45) is 11.7 Å². The summed E-state index contributed by atoms with van der Waals surface area (Å²) in [6.07, 6.45) is 2.91. The van der Waals surface area contributed by atoms with Gasteiger partial charge in [-0.3, -0.25) is 4.79 Å². The van der Waals surface area contributed by atoms with Gasteiger partial charge < -0.3 is 11.1 Å². The number of hydrogen-bond acceptors (Lipinski definition) is 2. The van der Waals surface area contributed by atoms with Gasteiger partial charge in [-0.1, -0.05) is 24.3 Å². The SMILES string of the molecule is CC(C)(NC(=O)Cc1ccc(CN)cc1)C1CC1. The third-order valence-corrected chi connectivity index (χ3v) is 3.68. The highest BCUT2D eigenvalue weighted by molar-refractivity contribution is 5.79. The van der Waals surface area contributed by atoms with Crippen molar-refractivity contribution >= 4 is 5.91 Å². The Hall–Kier alpha value is -1.35. The van der Waals surface area contributed by atoms with Crippen LogP contribution in [0.15, 0.2) is 24.3 Å².